The van der Waals surface area contributed by atoms with Crippen molar-refractivity contribution in [1.29, 1.82) is 0 Å². The Kier molecular flexibility index (Phi) is 4.47. The zero-order valence-corrected chi connectivity index (χ0v) is 11.4. The zero-order chi connectivity index (χ0) is 13.2. The van der Waals surface area contributed by atoms with E-state index in [1.807, 2.05) is 33.8 Å². The molecular formula is C12H18BClO3. The number of ether oxygens (including phenoxy) is 1. The molecule has 1 aromatic carbocycles. The minimum atomic E-state index is -1.59. The van der Waals surface area contributed by atoms with Crippen LogP contribution in [0.2, 0.25) is 5.02 Å². The lowest BCUT2D eigenvalue weighted by molar-refractivity contribution is 0.339. The van der Waals surface area contributed by atoms with Gasteiger partial charge < -0.3 is 14.8 Å². The molecule has 5 heteroatoms. The normalized spacial score (nSPS) is 11.5. The molecule has 0 atom stereocenters. The Morgan fingerprint density at radius 1 is 1.29 bits per heavy atom. The van der Waals surface area contributed by atoms with Gasteiger partial charge >= 0.3 is 7.12 Å². The van der Waals surface area contributed by atoms with Gasteiger partial charge in [-0.25, -0.2) is 0 Å². The second-order valence-electron chi connectivity index (χ2n) is 4.93. The fourth-order valence-electron chi connectivity index (χ4n) is 1.50. The molecule has 0 aliphatic rings. The maximum Gasteiger partial charge on any atom is 0.490 e. The van der Waals surface area contributed by atoms with Gasteiger partial charge in [-0.3, -0.25) is 0 Å². The monoisotopic (exact) mass is 256 g/mol. The first-order chi connectivity index (χ1) is 7.77. The van der Waals surface area contributed by atoms with Gasteiger partial charge in [-0.2, -0.15) is 0 Å². The van der Waals surface area contributed by atoms with Crippen molar-refractivity contribution in [1.82, 2.24) is 0 Å². The molecule has 94 valence electrons. The van der Waals surface area contributed by atoms with E-state index in [1.54, 1.807) is 6.07 Å². The molecule has 1 aromatic rings. The van der Waals surface area contributed by atoms with Crippen LogP contribution in [0.1, 0.15) is 33.3 Å². The standard InChI is InChI=1S/C12H18BClO3/c1-5-17-10-7-8(12(2,3)4)6-9(11(10)14)13(15)16/h6-7,15-16H,5H2,1-4H3. The van der Waals surface area contributed by atoms with Crippen molar-refractivity contribution >= 4 is 24.2 Å². The summed E-state index contributed by atoms with van der Waals surface area (Å²) in [6, 6.07) is 3.55. The van der Waals surface area contributed by atoms with Crippen LogP contribution in [0.15, 0.2) is 12.1 Å². The SMILES string of the molecule is CCOc1cc(C(C)(C)C)cc(B(O)O)c1Cl. The summed E-state index contributed by atoms with van der Waals surface area (Å²) in [7, 11) is -1.59. The molecule has 0 saturated carbocycles. The molecule has 0 unspecified atom stereocenters. The topological polar surface area (TPSA) is 49.7 Å². The largest absolute Gasteiger partial charge is 0.492 e. The summed E-state index contributed by atoms with van der Waals surface area (Å²) in [5, 5.41) is 18.9. The van der Waals surface area contributed by atoms with E-state index in [1.165, 1.54) is 0 Å². The van der Waals surface area contributed by atoms with E-state index in [4.69, 9.17) is 16.3 Å². The molecule has 0 bridgehead atoms. The van der Waals surface area contributed by atoms with E-state index >= 15 is 0 Å². The van der Waals surface area contributed by atoms with Crippen LogP contribution in [-0.4, -0.2) is 23.8 Å². The van der Waals surface area contributed by atoms with Crippen molar-refractivity contribution in [3.63, 3.8) is 0 Å². The Labute approximate surface area is 108 Å². The van der Waals surface area contributed by atoms with Gasteiger partial charge in [0.15, 0.2) is 0 Å². The van der Waals surface area contributed by atoms with Crippen LogP contribution < -0.4 is 10.2 Å². The zero-order valence-electron chi connectivity index (χ0n) is 10.6. The van der Waals surface area contributed by atoms with Gasteiger partial charge in [-0.1, -0.05) is 38.4 Å². The van der Waals surface area contributed by atoms with Crippen molar-refractivity contribution in [3.05, 3.63) is 22.7 Å². The Hall–Kier alpha value is -0.705. The lowest BCUT2D eigenvalue weighted by Gasteiger charge is -2.22. The Bertz CT molecular complexity index is 399. The molecule has 0 saturated heterocycles. The first kappa shape index (κ1) is 14.4. The van der Waals surface area contributed by atoms with E-state index in [-0.39, 0.29) is 15.9 Å². The van der Waals surface area contributed by atoms with Crippen LogP contribution in [0.25, 0.3) is 0 Å². The molecule has 0 radical (unpaired) electrons. The molecular weight excluding hydrogens is 238 g/mol. The fourth-order valence-corrected chi connectivity index (χ4v) is 1.76. The molecule has 0 amide bonds. The molecule has 0 heterocycles. The molecule has 2 N–H and O–H groups in total. The van der Waals surface area contributed by atoms with E-state index < -0.39 is 7.12 Å². The summed E-state index contributed by atoms with van der Waals surface area (Å²) in [5.41, 5.74) is 1.12. The van der Waals surface area contributed by atoms with Crippen LogP contribution in [-0.2, 0) is 5.41 Å². The number of hydrogen-bond acceptors (Lipinski definition) is 3. The summed E-state index contributed by atoms with van der Waals surface area (Å²) in [6.07, 6.45) is 0. The van der Waals surface area contributed by atoms with Crippen LogP contribution in [0.3, 0.4) is 0 Å². The van der Waals surface area contributed by atoms with Gasteiger partial charge in [0.1, 0.15) is 5.75 Å². The molecule has 0 aliphatic carbocycles. The van der Waals surface area contributed by atoms with Gasteiger partial charge in [0.05, 0.1) is 11.6 Å². The molecule has 0 aromatic heterocycles. The summed E-state index contributed by atoms with van der Waals surface area (Å²) >= 11 is 6.06. The van der Waals surface area contributed by atoms with Crippen LogP contribution in [0.4, 0.5) is 0 Å². The molecule has 0 spiro atoms. The maximum absolute atomic E-state index is 9.30. The predicted octanol–water partition coefficient (Wildman–Crippen LogP) is 1.72. The highest BCUT2D eigenvalue weighted by atomic mass is 35.5. The number of benzene rings is 1. The molecule has 17 heavy (non-hydrogen) atoms. The lowest BCUT2D eigenvalue weighted by Crippen LogP contribution is -2.32. The minimum Gasteiger partial charge on any atom is -0.492 e. The van der Waals surface area contributed by atoms with Gasteiger partial charge in [0.2, 0.25) is 0 Å². The predicted molar refractivity (Wildman–Crippen MR) is 71.1 cm³/mol. The number of halogens is 1. The highest BCUT2D eigenvalue weighted by molar-refractivity contribution is 6.63. The highest BCUT2D eigenvalue weighted by Gasteiger charge is 2.23. The van der Waals surface area contributed by atoms with Gasteiger partial charge in [0.25, 0.3) is 0 Å². The third-order valence-electron chi connectivity index (χ3n) is 2.51. The average Bonchev–Trinajstić information content (AvgIpc) is 2.19. The summed E-state index contributed by atoms with van der Waals surface area (Å²) < 4.78 is 5.41. The third-order valence-corrected chi connectivity index (χ3v) is 2.92. The van der Waals surface area contributed by atoms with Crippen molar-refractivity contribution in [2.45, 2.75) is 33.1 Å². The van der Waals surface area contributed by atoms with Gasteiger partial charge in [-0.15, -0.1) is 0 Å². The second-order valence-corrected chi connectivity index (χ2v) is 5.31. The van der Waals surface area contributed by atoms with Crippen molar-refractivity contribution < 1.29 is 14.8 Å². The summed E-state index contributed by atoms with van der Waals surface area (Å²) in [4.78, 5) is 0. The maximum atomic E-state index is 9.30. The molecule has 3 nitrogen and oxygen atoms in total. The average molecular weight is 257 g/mol. The molecule has 0 fully saturated rings. The lowest BCUT2D eigenvalue weighted by atomic mass is 9.76. The summed E-state index contributed by atoms with van der Waals surface area (Å²) in [6.45, 7) is 8.46. The van der Waals surface area contributed by atoms with Crippen molar-refractivity contribution in [3.8, 4) is 5.75 Å². The van der Waals surface area contributed by atoms with E-state index in [9.17, 15) is 10.0 Å². The Morgan fingerprint density at radius 2 is 1.88 bits per heavy atom. The molecule has 0 aliphatic heterocycles. The van der Waals surface area contributed by atoms with Crippen molar-refractivity contribution in [2.24, 2.45) is 0 Å². The highest BCUT2D eigenvalue weighted by Crippen LogP contribution is 2.30. The third kappa shape index (κ3) is 3.38. The second kappa shape index (κ2) is 5.30. The van der Waals surface area contributed by atoms with E-state index in [0.29, 0.717) is 12.4 Å². The van der Waals surface area contributed by atoms with E-state index in [2.05, 4.69) is 0 Å². The fraction of sp³-hybridized carbons (Fsp3) is 0.500. The van der Waals surface area contributed by atoms with Crippen LogP contribution in [0.5, 0.6) is 5.75 Å². The number of rotatable bonds is 3. The van der Waals surface area contributed by atoms with Gasteiger partial charge in [-0.05, 0) is 24.0 Å². The van der Waals surface area contributed by atoms with Crippen LogP contribution in [0, 0.1) is 0 Å². The first-order valence-corrected chi connectivity index (χ1v) is 5.98. The first-order valence-electron chi connectivity index (χ1n) is 5.60. The molecule has 1 rings (SSSR count). The van der Waals surface area contributed by atoms with Gasteiger partial charge in [0, 0.05) is 5.46 Å². The number of hydrogen-bond donors (Lipinski definition) is 2. The quantitative estimate of drug-likeness (QED) is 0.810. The minimum absolute atomic E-state index is 0.111. The Morgan fingerprint density at radius 3 is 2.29 bits per heavy atom. The smallest absolute Gasteiger partial charge is 0.490 e. The van der Waals surface area contributed by atoms with Crippen LogP contribution >= 0.6 is 11.6 Å². The van der Waals surface area contributed by atoms with Crippen molar-refractivity contribution in [2.75, 3.05) is 6.61 Å². The van der Waals surface area contributed by atoms with E-state index in [0.717, 1.165) is 5.56 Å². The summed E-state index contributed by atoms with van der Waals surface area (Å²) in [5.74, 6) is 0.490. The Balaban J connectivity index is 3.36.